The minimum atomic E-state index is -4.16. The second-order valence-electron chi connectivity index (χ2n) is 10.9. The maximum Gasteiger partial charge on any atom is 0.264 e. The van der Waals surface area contributed by atoms with E-state index in [0.717, 1.165) is 15.4 Å². The van der Waals surface area contributed by atoms with Crippen molar-refractivity contribution >= 4 is 39.1 Å². The Morgan fingerprint density at radius 1 is 0.800 bits per heavy atom. The summed E-state index contributed by atoms with van der Waals surface area (Å²) < 4.78 is 29.6. The van der Waals surface area contributed by atoms with E-state index in [1.807, 2.05) is 69.3 Å². The van der Waals surface area contributed by atoms with Crippen LogP contribution in [0.15, 0.2) is 114 Å². The van der Waals surface area contributed by atoms with Crippen LogP contribution in [-0.2, 0) is 39.0 Å². The third kappa shape index (κ3) is 8.53. The summed E-state index contributed by atoms with van der Waals surface area (Å²) in [4.78, 5) is 30.1. The highest BCUT2D eigenvalue weighted by molar-refractivity contribution is 7.92. The first-order chi connectivity index (χ1) is 21.6. The Morgan fingerprint density at radius 2 is 1.38 bits per heavy atom. The van der Waals surface area contributed by atoms with Gasteiger partial charge in [-0.3, -0.25) is 13.9 Å². The Bertz CT molecular complexity index is 1680. The van der Waals surface area contributed by atoms with E-state index in [1.54, 1.807) is 48.5 Å². The quantitative estimate of drug-likeness (QED) is 0.166. The molecule has 0 spiro atoms. The number of rotatable bonds is 14. The average molecular weight is 646 g/mol. The molecule has 9 heteroatoms. The molecule has 0 aromatic heterocycles. The van der Waals surface area contributed by atoms with Gasteiger partial charge in [0.1, 0.15) is 12.6 Å². The second-order valence-corrected chi connectivity index (χ2v) is 13.2. The first-order valence-electron chi connectivity index (χ1n) is 15.2. The SMILES string of the molecule is CCc1ccccc1N(CC(=O)N(Cc1ccccc1Cl)[C@@H](Cc1ccccc1)C(=O)N[C@@H](C)CC)S(=O)(=O)c1ccccc1. The molecule has 0 aliphatic heterocycles. The van der Waals surface area contributed by atoms with Crippen LogP contribution < -0.4 is 9.62 Å². The molecular formula is C36H40ClN3O4S. The van der Waals surface area contributed by atoms with Gasteiger partial charge < -0.3 is 10.2 Å². The molecule has 0 bridgehead atoms. The van der Waals surface area contributed by atoms with Crippen LogP contribution in [0.1, 0.15) is 43.9 Å². The summed E-state index contributed by atoms with van der Waals surface area (Å²) in [5.74, 6) is -0.847. The van der Waals surface area contributed by atoms with E-state index in [9.17, 15) is 18.0 Å². The lowest BCUT2D eigenvalue weighted by molar-refractivity contribution is -0.140. The van der Waals surface area contributed by atoms with Crippen LogP contribution in [0.4, 0.5) is 5.69 Å². The van der Waals surface area contributed by atoms with Gasteiger partial charge in [-0.2, -0.15) is 0 Å². The van der Waals surface area contributed by atoms with Crippen molar-refractivity contribution < 1.29 is 18.0 Å². The number of para-hydroxylation sites is 1. The number of benzene rings is 4. The highest BCUT2D eigenvalue weighted by Gasteiger charge is 2.35. The van der Waals surface area contributed by atoms with Gasteiger partial charge in [0.15, 0.2) is 0 Å². The van der Waals surface area contributed by atoms with Gasteiger partial charge >= 0.3 is 0 Å². The summed E-state index contributed by atoms with van der Waals surface area (Å²) in [5.41, 5.74) is 2.70. The van der Waals surface area contributed by atoms with Crippen molar-refractivity contribution in [3.05, 3.63) is 131 Å². The molecule has 0 aliphatic carbocycles. The Kier molecular flexibility index (Phi) is 11.8. The van der Waals surface area contributed by atoms with Crippen molar-refractivity contribution in [2.75, 3.05) is 10.8 Å². The standard InChI is InChI=1S/C36H40ClN3O4S/c1-4-27(3)38-36(42)34(24-28-16-8-6-9-17-28)39(25-30-19-12-14-22-32(30)37)35(41)26-40(33-23-15-13-18-29(33)5-2)45(43,44)31-20-10-7-11-21-31/h6-23,27,34H,4-5,24-26H2,1-3H3,(H,38,42)/t27-,34-/m0/s1. The van der Waals surface area contributed by atoms with Gasteiger partial charge in [-0.1, -0.05) is 110 Å². The number of carbonyl (C=O) groups excluding carboxylic acids is 2. The zero-order valence-electron chi connectivity index (χ0n) is 25.9. The maximum absolute atomic E-state index is 14.6. The number of aryl methyl sites for hydroxylation is 1. The lowest BCUT2D eigenvalue weighted by Gasteiger charge is -2.35. The molecule has 2 amide bonds. The van der Waals surface area contributed by atoms with Crippen molar-refractivity contribution in [2.45, 2.75) is 63.6 Å². The molecule has 0 saturated heterocycles. The molecule has 1 N–H and O–H groups in total. The minimum Gasteiger partial charge on any atom is -0.352 e. The molecule has 4 rings (SSSR count). The zero-order valence-corrected chi connectivity index (χ0v) is 27.5. The van der Waals surface area contributed by atoms with Crippen LogP contribution in [0.3, 0.4) is 0 Å². The van der Waals surface area contributed by atoms with E-state index in [1.165, 1.54) is 17.0 Å². The molecule has 0 fully saturated rings. The molecule has 0 heterocycles. The number of hydrogen-bond acceptors (Lipinski definition) is 4. The fourth-order valence-electron chi connectivity index (χ4n) is 5.09. The fraction of sp³-hybridized carbons (Fsp3) is 0.278. The number of nitrogens with zero attached hydrogens (tertiary/aromatic N) is 2. The molecule has 0 radical (unpaired) electrons. The predicted molar refractivity (Wildman–Crippen MR) is 181 cm³/mol. The van der Waals surface area contributed by atoms with Crippen LogP contribution in [0.5, 0.6) is 0 Å². The number of sulfonamides is 1. The maximum atomic E-state index is 14.6. The molecule has 4 aromatic rings. The molecular weight excluding hydrogens is 606 g/mol. The molecule has 4 aromatic carbocycles. The Labute approximate surface area is 271 Å². The number of carbonyl (C=O) groups is 2. The molecule has 236 valence electrons. The largest absolute Gasteiger partial charge is 0.352 e. The highest BCUT2D eigenvalue weighted by Crippen LogP contribution is 2.29. The van der Waals surface area contributed by atoms with Crippen LogP contribution in [0.2, 0.25) is 5.02 Å². The summed E-state index contributed by atoms with van der Waals surface area (Å²) in [7, 11) is -4.16. The van der Waals surface area contributed by atoms with Gasteiger partial charge in [0.25, 0.3) is 10.0 Å². The van der Waals surface area contributed by atoms with Gasteiger partial charge in [-0.15, -0.1) is 0 Å². The smallest absolute Gasteiger partial charge is 0.264 e. The second kappa shape index (κ2) is 15.7. The third-order valence-corrected chi connectivity index (χ3v) is 9.96. The summed E-state index contributed by atoms with van der Waals surface area (Å²) in [6, 6.07) is 30.8. The van der Waals surface area contributed by atoms with E-state index in [2.05, 4.69) is 5.32 Å². The summed E-state index contributed by atoms with van der Waals surface area (Å²) in [5, 5.41) is 3.49. The molecule has 0 saturated carbocycles. The van der Waals surface area contributed by atoms with Crippen molar-refractivity contribution in [1.82, 2.24) is 10.2 Å². The van der Waals surface area contributed by atoms with Crippen molar-refractivity contribution in [2.24, 2.45) is 0 Å². The van der Waals surface area contributed by atoms with Gasteiger partial charge in [0, 0.05) is 24.0 Å². The minimum absolute atomic E-state index is 0.0125. The monoisotopic (exact) mass is 645 g/mol. The Balaban J connectivity index is 1.84. The molecule has 45 heavy (non-hydrogen) atoms. The summed E-state index contributed by atoms with van der Waals surface area (Å²) >= 11 is 6.57. The lowest BCUT2D eigenvalue weighted by atomic mass is 10.0. The van der Waals surface area contributed by atoms with Gasteiger partial charge in [-0.25, -0.2) is 8.42 Å². The van der Waals surface area contributed by atoms with Crippen LogP contribution in [0.25, 0.3) is 0 Å². The van der Waals surface area contributed by atoms with E-state index in [4.69, 9.17) is 11.6 Å². The van der Waals surface area contributed by atoms with Crippen LogP contribution >= 0.6 is 11.6 Å². The molecule has 7 nitrogen and oxygen atoms in total. The normalized spacial score (nSPS) is 12.6. The first kappa shape index (κ1) is 33.7. The number of halogens is 1. The average Bonchev–Trinajstić information content (AvgIpc) is 3.06. The number of nitrogens with one attached hydrogen (secondary N) is 1. The first-order valence-corrected chi connectivity index (χ1v) is 17.0. The number of anilines is 1. The predicted octanol–water partition coefficient (Wildman–Crippen LogP) is 6.65. The number of amides is 2. The Morgan fingerprint density at radius 3 is 2.00 bits per heavy atom. The van der Waals surface area contributed by atoms with Crippen molar-refractivity contribution in [3.8, 4) is 0 Å². The molecule has 0 aliphatic rings. The van der Waals surface area contributed by atoms with Crippen molar-refractivity contribution in [1.29, 1.82) is 0 Å². The van der Waals surface area contributed by atoms with E-state index >= 15 is 0 Å². The van der Waals surface area contributed by atoms with Crippen molar-refractivity contribution in [3.63, 3.8) is 0 Å². The van der Waals surface area contributed by atoms with E-state index < -0.39 is 28.5 Å². The van der Waals surface area contributed by atoms with E-state index in [0.29, 0.717) is 29.1 Å². The van der Waals surface area contributed by atoms with Gasteiger partial charge in [0.2, 0.25) is 11.8 Å². The van der Waals surface area contributed by atoms with Gasteiger partial charge in [0.05, 0.1) is 10.6 Å². The van der Waals surface area contributed by atoms with Crippen LogP contribution in [-0.4, -0.2) is 43.8 Å². The van der Waals surface area contributed by atoms with Crippen LogP contribution in [0, 0.1) is 0 Å². The fourth-order valence-corrected chi connectivity index (χ4v) is 6.76. The lowest BCUT2D eigenvalue weighted by Crippen LogP contribution is -2.54. The van der Waals surface area contributed by atoms with Gasteiger partial charge in [-0.05, 0) is 60.7 Å². The number of hydrogen-bond donors (Lipinski definition) is 1. The highest BCUT2D eigenvalue weighted by atomic mass is 35.5. The summed E-state index contributed by atoms with van der Waals surface area (Å²) in [6.07, 6.45) is 1.50. The zero-order chi connectivity index (χ0) is 32.4. The molecule has 0 unspecified atom stereocenters. The summed E-state index contributed by atoms with van der Waals surface area (Å²) in [6.45, 7) is 5.32. The Hall–Kier alpha value is -4.14. The van der Waals surface area contributed by atoms with E-state index in [-0.39, 0.29) is 29.8 Å². The topological polar surface area (TPSA) is 86.8 Å². The third-order valence-electron chi connectivity index (χ3n) is 7.82. The molecule has 2 atom stereocenters.